The average Bonchev–Trinajstić information content (AvgIpc) is 2.17. The third kappa shape index (κ3) is 1.23. The van der Waals surface area contributed by atoms with Crippen LogP contribution >= 0.6 is 0 Å². The highest BCUT2D eigenvalue weighted by Crippen LogP contribution is 2.22. The molecular formula is C10H14N2. The summed E-state index contributed by atoms with van der Waals surface area (Å²) in [5.74, 6) is 0. The molecule has 0 atom stereocenters. The minimum atomic E-state index is 0.586. The lowest BCUT2D eigenvalue weighted by molar-refractivity contribution is 0.671. The van der Waals surface area contributed by atoms with E-state index < -0.39 is 0 Å². The fourth-order valence-electron chi connectivity index (χ4n) is 1.91. The van der Waals surface area contributed by atoms with Crippen LogP contribution in [0.4, 0.5) is 0 Å². The summed E-state index contributed by atoms with van der Waals surface area (Å²) in [5.41, 5.74) is 9.61. The fourth-order valence-corrected chi connectivity index (χ4v) is 1.91. The van der Waals surface area contributed by atoms with Crippen molar-refractivity contribution in [1.29, 1.82) is 0 Å². The van der Waals surface area contributed by atoms with E-state index in [0.29, 0.717) is 6.54 Å². The highest BCUT2D eigenvalue weighted by atomic mass is 14.7. The third-order valence-corrected chi connectivity index (χ3v) is 2.56. The van der Waals surface area contributed by atoms with Gasteiger partial charge in [0.1, 0.15) is 0 Å². The largest absolute Gasteiger partial charge is 0.325 e. The number of hydrogen-bond donors (Lipinski definition) is 1. The Balaban J connectivity index is 2.44. The van der Waals surface area contributed by atoms with E-state index in [9.17, 15) is 0 Å². The average molecular weight is 162 g/mol. The number of aromatic nitrogens is 1. The monoisotopic (exact) mass is 162 g/mol. The van der Waals surface area contributed by atoms with Crippen molar-refractivity contribution in [2.75, 3.05) is 0 Å². The number of nitrogens with two attached hydrogens (primary N) is 1. The highest BCUT2D eigenvalue weighted by Gasteiger charge is 2.12. The summed E-state index contributed by atoms with van der Waals surface area (Å²) in [4.78, 5) is 4.29. The molecule has 64 valence electrons. The third-order valence-electron chi connectivity index (χ3n) is 2.56. The molecule has 0 spiro atoms. The zero-order valence-corrected chi connectivity index (χ0v) is 7.21. The van der Waals surface area contributed by atoms with E-state index in [1.54, 1.807) is 0 Å². The number of rotatable bonds is 1. The van der Waals surface area contributed by atoms with Gasteiger partial charge in [0.2, 0.25) is 0 Å². The minimum absolute atomic E-state index is 0.586. The van der Waals surface area contributed by atoms with Crippen molar-refractivity contribution in [2.24, 2.45) is 5.73 Å². The van der Waals surface area contributed by atoms with Crippen molar-refractivity contribution in [1.82, 2.24) is 4.98 Å². The van der Waals surface area contributed by atoms with Crippen molar-refractivity contribution in [3.05, 3.63) is 29.1 Å². The second kappa shape index (κ2) is 3.23. The molecule has 2 heteroatoms. The summed E-state index contributed by atoms with van der Waals surface area (Å²) in [5, 5.41) is 0. The zero-order chi connectivity index (χ0) is 8.39. The van der Waals surface area contributed by atoms with Gasteiger partial charge in [-0.25, -0.2) is 0 Å². The molecule has 1 aromatic rings. The molecule has 2 nitrogen and oxygen atoms in total. The summed E-state index contributed by atoms with van der Waals surface area (Å²) in [6, 6.07) is 2.13. The fraction of sp³-hybridized carbons (Fsp3) is 0.500. The van der Waals surface area contributed by atoms with Crippen molar-refractivity contribution in [3.8, 4) is 0 Å². The second-order valence-electron chi connectivity index (χ2n) is 3.31. The van der Waals surface area contributed by atoms with Gasteiger partial charge in [-0.2, -0.15) is 0 Å². The molecule has 0 saturated heterocycles. The zero-order valence-electron chi connectivity index (χ0n) is 7.21. The Morgan fingerprint density at radius 3 is 3.00 bits per heavy atom. The maximum Gasteiger partial charge on any atom is 0.0574 e. The Morgan fingerprint density at radius 2 is 2.17 bits per heavy atom. The lowest BCUT2D eigenvalue weighted by atomic mass is 9.91. The number of aryl methyl sites for hydroxylation is 1. The normalized spacial score (nSPS) is 15.8. The molecule has 1 aromatic heterocycles. The first kappa shape index (κ1) is 7.74. The second-order valence-corrected chi connectivity index (χ2v) is 3.31. The van der Waals surface area contributed by atoms with Crippen LogP contribution in [0.15, 0.2) is 12.3 Å². The lowest BCUT2D eigenvalue weighted by Gasteiger charge is -2.17. The van der Waals surface area contributed by atoms with Crippen molar-refractivity contribution < 1.29 is 0 Å². The quantitative estimate of drug-likeness (QED) is 0.678. The molecule has 0 fully saturated rings. The van der Waals surface area contributed by atoms with Gasteiger partial charge in [0.25, 0.3) is 0 Å². The van der Waals surface area contributed by atoms with E-state index in [1.165, 1.54) is 36.8 Å². The molecule has 2 rings (SSSR count). The van der Waals surface area contributed by atoms with Crippen molar-refractivity contribution >= 4 is 0 Å². The van der Waals surface area contributed by atoms with Crippen LogP contribution in [0.1, 0.15) is 29.7 Å². The minimum Gasteiger partial charge on any atom is -0.325 e. The summed E-state index contributed by atoms with van der Waals surface area (Å²) in [6.07, 6.45) is 6.89. The molecule has 0 aliphatic heterocycles. The van der Waals surface area contributed by atoms with Crippen LogP contribution in [0, 0.1) is 0 Å². The van der Waals surface area contributed by atoms with E-state index >= 15 is 0 Å². The van der Waals surface area contributed by atoms with Crippen LogP contribution in [-0.4, -0.2) is 4.98 Å². The molecule has 1 aliphatic rings. The predicted molar refractivity (Wildman–Crippen MR) is 48.8 cm³/mol. The topological polar surface area (TPSA) is 38.9 Å². The van der Waals surface area contributed by atoms with Gasteiger partial charge in [0, 0.05) is 12.7 Å². The maximum atomic E-state index is 5.61. The van der Waals surface area contributed by atoms with Crippen molar-refractivity contribution in [2.45, 2.75) is 32.2 Å². The Bertz CT molecular complexity index is 267. The molecule has 0 bridgehead atoms. The number of nitrogens with zero attached hydrogens (tertiary/aromatic N) is 1. The summed E-state index contributed by atoms with van der Waals surface area (Å²) in [6.45, 7) is 0.586. The summed E-state index contributed by atoms with van der Waals surface area (Å²) >= 11 is 0. The van der Waals surface area contributed by atoms with E-state index in [1.807, 2.05) is 6.20 Å². The van der Waals surface area contributed by atoms with Crippen LogP contribution in [-0.2, 0) is 19.4 Å². The smallest absolute Gasteiger partial charge is 0.0574 e. The molecule has 1 heterocycles. The van der Waals surface area contributed by atoms with Gasteiger partial charge in [-0.3, -0.25) is 4.98 Å². The van der Waals surface area contributed by atoms with Crippen LogP contribution in [0.3, 0.4) is 0 Å². The van der Waals surface area contributed by atoms with Gasteiger partial charge in [0.15, 0.2) is 0 Å². The van der Waals surface area contributed by atoms with Crippen LogP contribution < -0.4 is 5.73 Å². The molecule has 0 unspecified atom stereocenters. The van der Waals surface area contributed by atoms with E-state index in [-0.39, 0.29) is 0 Å². The molecular weight excluding hydrogens is 148 g/mol. The van der Waals surface area contributed by atoms with Crippen LogP contribution in [0.5, 0.6) is 0 Å². The number of hydrogen-bond acceptors (Lipinski definition) is 2. The Kier molecular flexibility index (Phi) is 2.09. The molecule has 0 amide bonds. The van der Waals surface area contributed by atoms with Gasteiger partial charge >= 0.3 is 0 Å². The molecule has 0 radical (unpaired) electrons. The van der Waals surface area contributed by atoms with E-state index in [4.69, 9.17) is 5.73 Å². The Labute approximate surface area is 72.8 Å². The molecule has 12 heavy (non-hydrogen) atoms. The SMILES string of the molecule is NCc1nccc2c1CCCC2. The van der Waals surface area contributed by atoms with E-state index in [2.05, 4.69) is 11.1 Å². The number of fused-ring (bicyclic) bond motifs is 1. The first-order valence-corrected chi connectivity index (χ1v) is 4.57. The molecule has 2 N–H and O–H groups in total. The first-order valence-electron chi connectivity index (χ1n) is 4.57. The van der Waals surface area contributed by atoms with Gasteiger partial charge in [0.05, 0.1) is 5.69 Å². The summed E-state index contributed by atoms with van der Waals surface area (Å²) < 4.78 is 0. The molecule has 0 aromatic carbocycles. The standard InChI is InChI=1S/C10H14N2/c11-7-10-9-4-2-1-3-8(9)5-6-12-10/h5-6H,1-4,7,11H2. The highest BCUT2D eigenvalue weighted by molar-refractivity contribution is 5.31. The van der Waals surface area contributed by atoms with Gasteiger partial charge in [-0.05, 0) is 42.9 Å². The Morgan fingerprint density at radius 1 is 1.33 bits per heavy atom. The first-order chi connectivity index (χ1) is 5.92. The van der Waals surface area contributed by atoms with Gasteiger partial charge < -0.3 is 5.73 Å². The van der Waals surface area contributed by atoms with Gasteiger partial charge in [-0.1, -0.05) is 0 Å². The Hall–Kier alpha value is -0.890. The van der Waals surface area contributed by atoms with E-state index in [0.717, 1.165) is 5.69 Å². The van der Waals surface area contributed by atoms with Crippen molar-refractivity contribution in [3.63, 3.8) is 0 Å². The predicted octanol–water partition coefficient (Wildman–Crippen LogP) is 1.42. The van der Waals surface area contributed by atoms with Gasteiger partial charge in [-0.15, -0.1) is 0 Å². The molecule has 1 aliphatic carbocycles. The maximum absolute atomic E-state index is 5.61. The molecule has 0 saturated carbocycles. The number of pyridine rings is 1. The van der Waals surface area contributed by atoms with Crippen LogP contribution in [0.25, 0.3) is 0 Å². The lowest BCUT2D eigenvalue weighted by Crippen LogP contribution is -2.11. The van der Waals surface area contributed by atoms with Crippen LogP contribution in [0.2, 0.25) is 0 Å². The summed E-state index contributed by atoms with van der Waals surface area (Å²) in [7, 11) is 0.